The van der Waals surface area contributed by atoms with Crippen LogP contribution in [0.2, 0.25) is 0 Å². The molecule has 1 aliphatic heterocycles. The van der Waals surface area contributed by atoms with E-state index < -0.39 is 16.1 Å². The Morgan fingerprint density at radius 2 is 2.24 bits per heavy atom. The molecule has 9 heteroatoms. The molecule has 8 nitrogen and oxygen atoms in total. The SMILES string of the molecule is CCOC(=O)[C@H]1CCCN(S(=O)(=O)NCc2cccnc2N(C)C)C1. The largest absolute Gasteiger partial charge is 0.466 e. The fraction of sp³-hybridized carbons (Fsp3) is 0.625. The summed E-state index contributed by atoms with van der Waals surface area (Å²) in [4.78, 5) is 18.0. The summed E-state index contributed by atoms with van der Waals surface area (Å²) < 4.78 is 34.1. The topological polar surface area (TPSA) is 91.8 Å². The molecule has 1 aliphatic rings. The van der Waals surface area contributed by atoms with Crippen LogP contribution in [0.15, 0.2) is 18.3 Å². The Balaban J connectivity index is 2.03. The second-order valence-electron chi connectivity index (χ2n) is 6.16. The number of aromatic nitrogens is 1. The summed E-state index contributed by atoms with van der Waals surface area (Å²) in [6.45, 7) is 2.74. The van der Waals surface area contributed by atoms with Gasteiger partial charge in [0.05, 0.1) is 12.5 Å². The zero-order valence-electron chi connectivity index (χ0n) is 14.9. The quantitative estimate of drug-likeness (QED) is 0.713. The van der Waals surface area contributed by atoms with Crippen LogP contribution in [-0.4, -0.2) is 57.5 Å². The molecule has 0 bridgehead atoms. The van der Waals surface area contributed by atoms with Crippen LogP contribution in [0, 0.1) is 5.92 Å². The van der Waals surface area contributed by atoms with Gasteiger partial charge in [-0.1, -0.05) is 6.07 Å². The fourth-order valence-corrected chi connectivity index (χ4v) is 4.11. The van der Waals surface area contributed by atoms with E-state index in [4.69, 9.17) is 4.74 Å². The van der Waals surface area contributed by atoms with Gasteiger partial charge in [-0.2, -0.15) is 17.4 Å². The van der Waals surface area contributed by atoms with Crippen molar-refractivity contribution >= 4 is 22.0 Å². The molecular weight excluding hydrogens is 344 g/mol. The fourth-order valence-electron chi connectivity index (χ4n) is 2.84. The van der Waals surface area contributed by atoms with Gasteiger partial charge in [-0.25, -0.2) is 4.98 Å². The van der Waals surface area contributed by atoms with Gasteiger partial charge in [0.1, 0.15) is 5.82 Å². The predicted molar refractivity (Wildman–Crippen MR) is 95.3 cm³/mol. The van der Waals surface area contributed by atoms with Gasteiger partial charge < -0.3 is 9.64 Å². The van der Waals surface area contributed by atoms with Gasteiger partial charge in [0.15, 0.2) is 0 Å². The summed E-state index contributed by atoms with van der Waals surface area (Å²) in [5, 5.41) is 0. The Kier molecular flexibility index (Phi) is 6.74. The van der Waals surface area contributed by atoms with Crippen molar-refractivity contribution in [3.8, 4) is 0 Å². The maximum Gasteiger partial charge on any atom is 0.310 e. The highest BCUT2D eigenvalue weighted by Crippen LogP contribution is 2.21. The molecule has 0 radical (unpaired) electrons. The maximum atomic E-state index is 12.6. The minimum Gasteiger partial charge on any atom is -0.466 e. The van der Waals surface area contributed by atoms with Crippen molar-refractivity contribution < 1.29 is 17.9 Å². The van der Waals surface area contributed by atoms with E-state index in [1.54, 1.807) is 19.2 Å². The lowest BCUT2D eigenvalue weighted by Gasteiger charge is -2.30. The van der Waals surface area contributed by atoms with Gasteiger partial charge in [0.2, 0.25) is 0 Å². The standard InChI is InChI=1S/C16H26N4O4S/c1-4-24-16(21)14-8-6-10-20(12-14)25(22,23)18-11-13-7-5-9-17-15(13)19(2)3/h5,7,9,14,18H,4,6,8,10-12H2,1-3H3/t14-/m0/s1. The molecule has 0 spiro atoms. The number of esters is 1. The molecule has 25 heavy (non-hydrogen) atoms. The average Bonchev–Trinajstić information content (AvgIpc) is 2.60. The summed E-state index contributed by atoms with van der Waals surface area (Å²) >= 11 is 0. The number of nitrogens with zero attached hydrogens (tertiary/aromatic N) is 3. The van der Waals surface area contributed by atoms with Crippen molar-refractivity contribution in [1.29, 1.82) is 0 Å². The normalized spacial score (nSPS) is 18.8. The molecule has 1 fully saturated rings. The molecule has 140 valence electrons. The third-order valence-electron chi connectivity index (χ3n) is 4.08. The van der Waals surface area contributed by atoms with E-state index in [1.807, 2.05) is 25.1 Å². The van der Waals surface area contributed by atoms with E-state index in [0.29, 0.717) is 31.8 Å². The van der Waals surface area contributed by atoms with Crippen LogP contribution < -0.4 is 9.62 Å². The zero-order chi connectivity index (χ0) is 18.4. The van der Waals surface area contributed by atoms with E-state index in [0.717, 1.165) is 5.56 Å². The molecule has 1 N–H and O–H groups in total. The zero-order valence-corrected chi connectivity index (χ0v) is 15.8. The molecule has 1 atom stereocenters. The first-order valence-corrected chi connectivity index (χ1v) is 9.81. The van der Waals surface area contributed by atoms with E-state index >= 15 is 0 Å². The van der Waals surface area contributed by atoms with E-state index in [1.165, 1.54) is 4.31 Å². The molecule has 2 heterocycles. The van der Waals surface area contributed by atoms with Crippen molar-refractivity contribution in [1.82, 2.24) is 14.0 Å². The van der Waals surface area contributed by atoms with Crippen molar-refractivity contribution in [2.24, 2.45) is 5.92 Å². The van der Waals surface area contributed by atoms with Crippen molar-refractivity contribution in [2.45, 2.75) is 26.3 Å². The molecule has 0 aromatic carbocycles. The number of piperidine rings is 1. The van der Waals surface area contributed by atoms with Gasteiger partial charge in [0.25, 0.3) is 10.2 Å². The lowest BCUT2D eigenvalue weighted by Crippen LogP contribution is -2.47. The number of carbonyl (C=O) groups excluding carboxylic acids is 1. The highest BCUT2D eigenvalue weighted by atomic mass is 32.2. The molecule has 1 aromatic heterocycles. The van der Waals surface area contributed by atoms with Crippen LogP contribution >= 0.6 is 0 Å². The molecule has 1 saturated heterocycles. The molecule has 0 aliphatic carbocycles. The molecule has 0 amide bonds. The van der Waals surface area contributed by atoms with Crippen molar-refractivity contribution in [2.75, 3.05) is 38.7 Å². The summed E-state index contributed by atoms with van der Waals surface area (Å²) in [5.41, 5.74) is 0.787. The highest BCUT2D eigenvalue weighted by molar-refractivity contribution is 7.87. The van der Waals surface area contributed by atoms with Gasteiger partial charge >= 0.3 is 5.97 Å². The Labute approximate surface area is 149 Å². The average molecular weight is 370 g/mol. The van der Waals surface area contributed by atoms with Crippen LogP contribution in [0.3, 0.4) is 0 Å². The maximum absolute atomic E-state index is 12.6. The Bertz CT molecular complexity index is 693. The lowest BCUT2D eigenvalue weighted by atomic mass is 10.0. The summed E-state index contributed by atoms with van der Waals surface area (Å²) in [5.74, 6) is -0.0150. The monoisotopic (exact) mass is 370 g/mol. The first-order valence-electron chi connectivity index (χ1n) is 8.37. The van der Waals surface area contributed by atoms with Crippen molar-refractivity contribution in [3.05, 3.63) is 23.9 Å². The number of anilines is 1. The smallest absolute Gasteiger partial charge is 0.310 e. The van der Waals surface area contributed by atoms with E-state index in [9.17, 15) is 13.2 Å². The molecule has 0 unspecified atom stereocenters. The van der Waals surface area contributed by atoms with Gasteiger partial charge in [-0.3, -0.25) is 4.79 Å². The lowest BCUT2D eigenvalue weighted by molar-refractivity contribution is -0.149. The first-order chi connectivity index (χ1) is 11.8. The van der Waals surface area contributed by atoms with Crippen LogP contribution in [0.4, 0.5) is 5.82 Å². The van der Waals surface area contributed by atoms with Crippen LogP contribution in [0.25, 0.3) is 0 Å². The first kappa shape index (κ1) is 19.6. The minimum absolute atomic E-state index is 0.143. The molecule has 1 aromatic rings. The number of pyridine rings is 1. The molecule has 2 rings (SSSR count). The Morgan fingerprint density at radius 3 is 2.92 bits per heavy atom. The van der Waals surface area contributed by atoms with Crippen molar-refractivity contribution in [3.63, 3.8) is 0 Å². The highest BCUT2D eigenvalue weighted by Gasteiger charge is 2.33. The number of ether oxygens (including phenoxy) is 1. The van der Waals surface area contributed by atoms with Gasteiger partial charge in [0, 0.05) is 45.5 Å². The predicted octanol–water partition coefficient (Wildman–Crippen LogP) is 0.757. The van der Waals surface area contributed by atoms with Gasteiger partial charge in [-0.15, -0.1) is 0 Å². The third-order valence-corrected chi connectivity index (χ3v) is 5.60. The number of hydrogen-bond acceptors (Lipinski definition) is 6. The summed E-state index contributed by atoms with van der Waals surface area (Å²) in [6.07, 6.45) is 2.96. The van der Waals surface area contributed by atoms with E-state index in [-0.39, 0.29) is 19.1 Å². The summed E-state index contributed by atoms with van der Waals surface area (Å²) in [6, 6.07) is 3.61. The Morgan fingerprint density at radius 1 is 1.48 bits per heavy atom. The number of hydrogen-bond donors (Lipinski definition) is 1. The number of nitrogens with one attached hydrogen (secondary N) is 1. The molecular formula is C16H26N4O4S. The number of carbonyl (C=O) groups is 1. The number of rotatable bonds is 7. The van der Waals surface area contributed by atoms with Crippen LogP contribution in [0.1, 0.15) is 25.3 Å². The van der Waals surface area contributed by atoms with Crippen LogP contribution in [0.5, 0.6) is 0 Å². The minimum atomic E-state index is -3.68. The molecule has 0 saturated carbocycles. The second-order valence-corrected chi connectivity index (χ2v) is 7.91. The summed E-state index contributed by atoms with van der Waals surface area (Å²) in [7, 11) is 0.0360. The van der Waals surface area contributed by atoms with E-state index in [2.05, 4.69) is 9.71 Å². The second kappa shape index (κ2) is 8.59. The van der Waals surface area contributed by atoms with Crippen LogP contribution in [-0.2, 0) is 26.3 Å². The van der Waals surface area contributed by atoms with Gasteiger partial charge in [-0.05, 0) is 25.8 Å². The third kappa shape index (κ3) is 5.13. The Hall–Kier alpha value is -1.71.